The Morgan fingerprint density at radius 1 is 1.41 bits per heavy atom. The third kappa shape index (κ3) is 5.39. The van der Waals surface area contributed by atoms with Crippen LogP contribution >= 0.6 is 23.2 Å². The van der Waals surface area contributed by atoms with Gasteiger partial charge in [-0.05, 0) is 24.1 Å². The zero-order valence-electron chi connectivity index (χ0n) is 9.63. The second-order valence-electron chi connectivity index (χ2n) is 3.58. The molecule has 0 unspecified atom stereocenters. The molecule has 3 nitrogen and oxygen atoms in total. The predicted octanol–water partition coefficient (Wildman–Crippen LogP) is 2.69. The maximum Gasteiger partial charge on any atom is 0.222 e. The van der Waals surface area contributed by atoms with Crippen LogP contribution in [-0.2, 0) is 16.0 Å². The van der Waals surface area contributed by atoms with E-state index < -0.39 is 0 Å². The third-order valence-electron chi connectivity index (χ3n) is 2.26. The van der Waals surface area contributed by atoms with Gasteiger partial charge in [-0.1, -0.05) is 29.3 Å². The molecule has 0 radical (unpaired) electrons. The van der Waals surface area contributed by atoms with Crippen LogP contribution in [0.15, 0.2) is 18.2 Å². The number of benzene rings is 1. The van der Waals surface area contributed by atoms with E-state index in [1.165, 1.54) is 0 Å². The van der Waals surface area contributed by atoms with Crippen molar-refractivity contribution in [3.8, 4) is 0 Å². The second kappa shape index (κ2) is 7.54. The monoisotopic (exact) mass is 275 g/mol. The van der Waals surface area contributed by atoms with Crippen LogP contribution in [0.1, 0.15) is 12.0 Å². The molecule has 0 aliphatic heterocycles. The lowest BCUT2D eigenvalue weighted by Crippen LogP contribution is -2.26. The van der Waals surface area contributed by atoms with E-state index in [2.05, 4.69) is 5.32 Å². The zero-order chi connectivity index (χ0) is 12.7. The molecule has 0 spiro atoms. The molecule has 1 rings (SSSR count). The molecule has 1 aromatic carbocycles. The van der Waals surface area contributed by atoms with Crippen molar-refractivity contribution in [2.75, 3.05) is 20.3 Å². The van der Waals surface area contributed by atoms with Crippen molar-refractivity contribution in [3.05, 3.63) is 33.8 Å². The fourth-order valence-corrected chi connectivity index (χ4v) is 1.85. The van der Waals surface area contributed by atoms with Crippen molar-refractivity contribution in [2.24, 2.45) is 0 Å². The highest BCUT2D eigenvalue weighted by molar-refractivity contribution is 6.35. The number of amides is 1. The van der Waals surface area contributed by atoms with Crippen molar-refractivity contribution < 1.29 is 9.53 Å². The van der Waals surface area contributed by atoms with Gasteiger partial charge in [-0.25, -0.2) is 0 Å². The molecule has 0 saturated heterocycles. The minimum Gasteiger partial charge on any atom is -0.384 e. The summed E-state index contributed by atoms with van der Waals surface area (Å²) in [5, 5.41) is 4.04. The van der Waals surface area contributed by atoms with Gasteiger partial charge in [0.25, 0.3) is 0 Å². The van der Waals surface area contributed by atoms with E-state index in [0.717, 1.165) is 5.56 Å². The molecule has 0 aliphatic rings. The van der Waals surface area contributed by atoms with E-state index in [0.29, 0.717) is 36.0 Å². The van der Waals surface area contributed by atoms with E-state index in [4.69, 9.17) is 27.9 Å². The lowest BCUT2D eigenvalue weighted by molar-refractivity contribution is -0.121. The summed E-state index contributed by atoms with van der Waals surface area (Å²) in [5.74, 6) is -0.0167. The normalized spacial score (nSPS) is 10.3. The largest absolute Gasteiger partial charge is 0.384 e. The van der Waals surface area contributed by atoms with Crippen molar-refractivity contribution in [3.63, 3.8) is 0 Å². The quantitative estimate of drug-likeness (QED) is 0.867. The number of hydrogen-bond acceptors (Lipinski definition) is 2. The lowest BCUT2D eigenvalue weighted by atomic mass is 10.1. The van der Waals surface area contributed by atoms with Crippen LogP contribution in [-0.4, -0.2) is 26.2 Å². The fourth-order valence-electron chi connectivity index (χ4n) is 1.34. The Balaban J connectivity index is 2.33. The van der Waals surface area contributed by atoms with Gasteiger partial charge in [0.2, 0.25) is 5.91 Å². The van der Waals surface area contributed by atoms with Crippen LogP contribution in [0.3, 0.4) is 0 Å². The summed E-state index contributed by atoms with van der Waals surface area (Å²) in [6.45, 7) is 0.997. The first kappa shape index (κ1) is 14.3. The number of hydrogen-bond donors (Lipinski definition) is 1. The predicted molar refractivity (Wildman–Crippen MR) is 69.7 cm³/mol. The highest BCUT2D eigenvalue weighted by atomic mass is 35.5. The maximum atomic E-state index is 11.3. The van der Waals surface area contributed by atoms with Crippen LogP contribution in [0.4, 0.5) is 0 Å². The molecule has 0 aromatic heterocycles. The van der Waals surface area contributed by atoms with Crippen molar-refractivity contribution in [2.45, 2.75) is 12.8 Å². The third-order valence-corrected chi connectivity index (χ3v) is 2.85. The molecule has 1 N–H and O–H groups in total. The summed E-state index contributed by atoms with van der Waals surface area (Å²) in [6.07, 6.45) is 1.07. The number of carbonyl (C=O) groups is 1. The van der Waals surface area contributed by atoms with Crippen LogP contribution in [0.25, 0.3) is 0 Å². The summed E-state index contributed by atoms with van der Waals surface area (Å²) in [6, 6.07) is 5.35. The minimum atomic E-state index is -0.0167. The van der Waals surface area contributed by atoms with E-state index >= 15 is 0 Å². The Kier molecular flexibility index (Phi) is 6.34. The van der Waals surface area contributed by atoms with Gasteiger partial charge in [-0.2, -0.15) is 0 Å². The number of carbonyl (C=O) groups excluding carboxylic acids is 1. The summed E-state index contributed by atoms with van der Waals surface area (Å²) in [5.41, 5.74) is 0.975. The van der Waals surface area contributed by atoms with Crippen LogP contribution in [0, 0.1) is 0 Å². The Morgan fingerprint density at radius 3 is 2.82 bits per heavy atom. The van der Waals surface area contributed by atoms with Gasteiger partial charge in [-0.15, -0.1) is 0 Å². The zero-order valence-corrected chi connectivity index (χ0v) is 11.1. The Hall–Kier alpha value is -0.770. The number of rotatable bonds is 6. The standard InChI is InChI=1S/C12H15Cl2NO2/c1-17-7-5-12(16)15-6-4-9-2-3-10(13)8-11(9)14/h2-3,8H,4-7H2,1H3,(H,15,16). The smallest absolute Gasteiger partial charge is 0.222 e. The molecular weight excluding hydrogens is 261 g/mol. The second-order valence-corrected chi connectivity index (χ2v) is 4.42. The fraction of sp³-hybridized carbons (Fsp3) is 0.417. The molecule has 0 fully saturated rings. The first-order valence-corrected chi connectivity index (χ1v) is 6.08. The van der Waals surface area contributed by atoms with Gasteiger partial charge in [0.1, 0.15) is 0 Å². The van der Waals surface area contributed by atoms with E-state index in [-0.39, 0.29) is 5.91 Å². The summed E-state index contributed by atoms with van der Waals surface area (Å²) >= 11 is 11.8. The average Bonchev–Trinajstić information content (AvgIpc) is 2.29. The van der Waals surface area contributed by atoms with E-state index in [1.54, 1.807) is 19.2 Å². The number of methoxy groups -OCH3 is 1. The molecule has 94 valence electrons. The lowest BCUT2D eigenvalue weighted by Gasteiger charge is -2.06. The average molecular weight is 276 g/mol. The first-order chi connectivity index (χ1) is 8.13. The molecule has 17 heavy (non-hydrogen) atoms. The highest BCUT2D eigenvalue weighted by Gasteiger charge is 2.03. The summed E-state index contributed by atoms with van der Waals surface area (Å²) < 4.78 is 4.81. The van der Waals surface area contributed by atoms with E-state index in [1.807, 2.05) is 6.07 Å². The summed E-state index contributed by atoms with van der Waals surface area (Å²) in [4.78, 5) is 11.3. The molecule has 1 aromatic rings. The molecule has 0 heterocycles. The summed E-state index contributed by atoms with van der Waals surface area (Å²) in [7, 11) is 1.57. The Morgan fingerprint density at radius 2 is 2.18 bits per heavy atom. The molecule has 0 aliphatic carbocycles. The van der Waals surface area contributed by atoms with Crippen molar-refractivity contribution >= 4 is 29.1 Å². The number of ether oxygens (including phenoxy) is 1. The topological polar surface area (TPSA) is 38.3 Å². The van der Waals surface area contributed by atoms with Gasteiger partial charge in [0.05, 0.1) is 6.61 Å². The van der Waals surface area contributed by atoms with Crippen LogP contribution in [0.5, 0.6) is 0 Å². The first-order valence-electron chi connectivity index (χ1n) is 5.33. The van der Waals surface area contributed by atoms with Crippen LogP contribution < -0.4 is 5.32 Å². The molecule has 0 bridgehead atoms. The van der Waals surface area contributed by atoms with E-state index in [9.17, 15) is 4.79 Å². The van der Waals surface area contributed by atoms with Gasteiger partial charge in [-0.3, -0.25) is 4.79 Å². The van der Waals surface area contributed by atoms with Gasteiger partial charge < -0.3 is 10.1 Å². The Bertz CT molecular complexity index is 383. The molecule has 0 saturated carbocycles. The number of nitrogens with one attached hydrogen (secondary N) is 1. The highest BCUT2D eigenvalue weighted by Crippen LogP contribution is 2.20. The molecule has 0 atom stereocenters. The SMILES string of the molecule is COCCC(=O)NCCc1ccc(Cl)cc1Cl. The van der Waals surface area contributed by atoms with Gasteiger partial charge in [0.15, 0.2) is 0 Å². The number of halogens is 2. The Labute approximate surface area is 111 Å². The molecule has 5 heteroatoms. The van der Waals surface area contributed by atoms with Crippen molar-refractivity contribution in [1.82, 2.24) is 5.32 Å². The van der Waals surface area contributed by atoms with Crippen molar-refractivity contribution in [1.29, 1.82) is 0 Å². The molecule has 1 amide bonds. The maximum absolute atomic E-state index is 11.3. The van der Waals surface area contributed by atoms with Gasteiger partial charge >= 0.3 is 0 Å². The molecular formula is C12H15Cl2NO2. The van der Waals surface area contributed by atoms with Gasteiger partial charge in [0, 0.05) is 30.1 Å². The minimum absolute atomic E-state index is 0.0167. The van der Waals surface area contributed by atoms with Crippen LogP contribution in [0.2, 0.25) is 10.0 Å².